The second kappa shape index (κ2) is 7.92. The molecular weight excluding hydrogens is 220 g/mol. The molecule has 0 aromatic rings. The van der Waals surface area contributed by atoms with Gasteiger partial charge in [0.1, 0.15) is 6.04 Å². The van der Waals surface area contributed by atoms with E-state index in [4.69, 9.17) is 5.11 Å². The van der Waals surface area contributed by atoms with Crippen molar-refractivity contribution in [1.82, 2.24) is 10.6 Å². The first kappa shape index (κ1) is 15.7. The van der Waals surface area contributed by atoms with Crippen LogP contribution in [0.4, 0.5) is 4.79 Å². The zero-order valence-corrected chi connectivity index (χ0v) is 11.1. The molecule has 0 aromatic carbocycles. The van der Waals surface area contributed by atoms with Crippen LogP contribution in [0.1, 0.15) is 40.5 Å². The van der Waals surface area contributed by atoms with Crippen LogP contribution in [0, 0.1) is 11.8 Å². The maximum Gasteiger partial charge on any atom is 0.326 e. The largest absolute Gasteiger partial charge is 0.480 e. The number of carbonyl (C=O) groups is 2. The van der Waals surface area contributed by atoms with Crippen LogP contribution in [0.2, 0.25) is 0 Å². The van der Waals surface area contributed by atoms with Crippen molar-refractivity contribution in [2.45, 2.75) is 46.6 Å². The highest BCUT2D eigenvalue weighted by Crippen LogP contribution is 2.07. The van der Waals surface area contributed by atoms with Gasteiger partial charge in [0.25, 0.3) is 0 Å². The lowest BCUT2D eigenvalue weighted by Crippen LogP contribution is -2.49. The van der Waals surface area contributed by atoms with Crippen molar-refractivity contribution in [2.75, 3.05) is 6.54 Å². The summed E-state index contributed by atoms with van der Waals surface area (Å²) in [5.74, 6) is -0.674. The van der Waals surface area contributed by atoms with Gasteiger partial charge in [0.2, 0.25) is 0 Å². The Morgan fingerprint density at radius 1 is 1.18 bits per heavy atom. The van der Waals surface area contributed by atoms with Gasteiger partial charge in [-0.3, -0.25) is 0 Å². The Morgan fingerprint density at radius 3 is 2.18 bits per heavy atom. The van der Waals surface area contributed by atoms with Gasteiger partial charge in [-0.2, -0.15) is 0 Å². The molecular formula is C12H24N2O3. The number of urea groups is 1. The third-order valence-electron chi connectivity index (χ3n) is 3.07. The van der Waals surface area contributed by atoms with Crippen LogP contribution < -0.4 is 10.6 Å². The predicted octanol–water partition coefficient (Wildman–Crippen LogP) is 1.83. The van der Waals surface area contributed by atoms with E-state index < -0.39 is 18.0 Å². The van der Waals surface area contributed by atoms with Crippen molar-refractivity contribution < 1.29 is 14.7 Å². The van der Waals surface area contributed by atoms with Gasteiger partial charge in [0.05, 0.1) is 0 Å². The smallest absolute Gasteiger partial charge is 0.326 e. The Bertz CT molecular complexity index is 256. The molecule has 100 valence electrons. The molecule has 3 atom stereocenters. The fourth-order valence-corrected chi connectivity index (χ4v) is 1.29. The number of carboxylic acid groups (broad SMARTS) is 1. The topological polar surface area (TPSA) is 78.4 Å². The van der Waals surface area contributed by atoms with E-state index in [1.165, 1.54) is 0 Å². The summed E-state index contributed by atoms with van der Waals surface area (Å²) in [6.45, 7) is 8.36. The number of hydrogen-bond donors (Lipinski definition) is 3. The molecule has 5 heteroatoms. The lowest BCUT2D eigenvalue weighted by molar-refractivity contribution is -0.140. The third-order valence-corrected chi connectivity index (χ3v) is 3.07. The highest BCUT2D eigenvalue weighted by molar-refractivity contribution is 5.82. The van der Waals surface area contributed by atoms with Crippen LogP contribution in [-0.4, -0.2) is 29.7 Å². The lowest BCUT2D eigenvalue weighted by atomic mass is 9.99. The summed E-state index contributed by atoms with van der Waals surface area (Å²) >= 11 is 0. The number of nitrogens with one attached hydrogen (secondary N) is 2. The highest BCUT2D eigenvalue weighted by atomic mass is 16.4. The van der Waals surface area contributed by atoms with E-state index in [0.717, 1.165) is 6.42 Å². The Balaban J connectivity index is 4.18. The van der Waals surface area contributed by atoms with Gasteiger partial charge in [-0.25, -0.2) is 9.59 Å². The molecule has 5 nitrogen and oxygen atoms in total. The normalized spacial score (nSPS) is 15.8. The number of hydrogen-bond acceptors (Lipinski definition) is 2. The first-order chi connectivity index (χ1) is 7.92. The molecule has 0 aromatic heterocycles. The van der Waals surface area contributed by atoms with Gasteiger partial charge >= 0.3 is 12.0 Å². The lowest BCUT2D eigenvalue weighted by Gasteiger charge is -2.21. The zero-order chi connectivity index (χ0) is 13.4. The molecule has 0 radical (unpaired) electrons. The SMILES string of the molecule is CCC(C)CNC(=O)NC(C(=O)O)C(C)CC. The molecule has 0 aliphatic rings. The molecule has 17 heavy (non-hydrogen) atoms. The van der Waals surface area contributed by atoms with Crippen LogP contribution in [0.25, 0.3) is 0 Å². The van der Waals surface area contributed by atoms with E-state index in [9.17, 15) is 9.59 Å². The van der Waals surface area contributed by atoms with Crippen molar-refractivity contribution in [3.63, 3.8) is 0 Å². The van der Waals surface area contributed by atoms with Gasteiger partial charge in [-0.15, -0.1) is 0 Å². The number of aliphatic carboxylic acids is 1. The summed E-state index contributed by atoms with van der Waals surface area (Å²) in [6.07, 6.45) is 1.69. The first-order valence-electron chi connectivity index (χ1n) is 6.19. The first-order valence-corrected chi connectivity index (χ1v) is 6.19. The average Bonchev–Trinajstić information content (AvgIpc) is 2.31. The van der Waals surface area contributed by atoms with Crippen molar-refractivity contribution >= 4 is 12.0 Å². The van der Waals surface area contributed by atoms with E-state index in [-0.39, 0.29) is 5.92 Å². The summed E-state index contributed by atoms with van der Waals surface area (Å²) in [6, 6.07) is -1.23. The molecule has 0 spiro atoms. The summed E-state index contributed by atoms with van der Waals surface area (Å²) in [4.78, 5) is 22.5. The summed E-state index contributed by atoms with van der Waals surface area (Å²) in [5, 5.41) is 14.2. The minimum Gasteiger partial charge on any atom is -0.480 e. The fraction of sp³-hybridized carbons (Fsp3) is 0.833. The Morgan fingerprint density at radius 2 is 1.76 bits per heavy atom. The molecule has 0 aliphatic heterocycles. The number of rotatable bonds is 7. The molecule has 0 heterocycles. The second-order valence-corrected chi connectivity index (χ2v) is 4.57. The Kier molecular flexibility index (Phi) is 7.34. The molecule has 0 bridgehead atoms. The Hall–Kier alpha value is -1.26. The van der Waals surface area contributed by atoms with E-state index in [1.54, 1.807) is 0 Å². The summed E-state index contributed by atoms with van der Waals surface area (Å²) in [7, 11) is 0. The molecule has 0 fully saturated rings. The number of amides is 2. The van der Waals surface area contributed by atoms with Gasteiger partial charge in [-0.1, -0.05) is 40.5 Å². The van der Waals surface area contributed by atoms with Crippen molar-refractivity contribution in [3.8, 4) is 0 Å². The number of carboxylic acids is 1. The maximum absolute atomic E-state index is 11.5. The average molecular weight is 244 g/mol. The summed E-state index contributed by atoms with van der Waals surface area (Å²) in [5.41, 5.74) is 0. The van der Waals surface area contributed by atoms with Gasteiger partial charge in [0.15, 0.2) is 0 Å². The van der Waals surface area contributed by atoms with Crippen molar-refractivity contribution in [2.24, 2.45) is 11.8 Å². The van der Waals surface area contributed by atoms with Crippen LogP contribution in [0.3, 0.4) is 0 Å². The van der Waals surface area contributed by atoms with Gasteiger partial charge in [0, 0.05) is 6.54 Å². The summed E-state index contributed by atoms with van der Waals surface area (Å²) < 4.78 is 0. The van der Waals surface area contributed by atoms with Gasteiger partial charge < -0.3 is 15.7 Å². The minimum absolute atomic E-state index is 0.0816. The van der Waals surface area contributed by atoms with Crippen LogP contribution in [0.15, 0.2) is 0 Å². The predicted molar refractivity (Wildman–Crippen MR) is 66.9 cm³/mol. The molecule has 3 N–H and O–H groups in total. The van der Waals surface area contributed by atoms with E-state index in [2.05, 4.69) is 10.6 Å². The molecule has 0 rings (SSSR count). The monoisotopic (exact) mass is 244 g/mol. The van der Waals surface area contributed by atoms with E-state index >= 15 is 0 Å². The van der Waals surface area contributed by atoms with E-state index in [0.29, 0.717) is 18.9 Å². The van der Waals surface area contributed by atoms with Gasteiger partial charge in [-0.05, 0) is 11.8 Å². The molecule has 0 aliphatic carbocycles. The highest BCUT2D eigenvalue weighted by Gasteiger charge is 2.25. The number of carbonyl (C=O) groups excluding carboxylic acids is 1. The molecule has 0 saturated carbocycles. The van der Waals surface area contributed by atoms with E-state index in [1.807, 2.05) is 27.7 Å². The quantitative estimate of drug-likeness (QED) is 0.639. The van der Waals surface area contributed by atoms with Crippen LogP contribution in [0.5, 0.6) is 0 Å². The second-order valence-electron chi connectivity index (χ2n) is 4.57. The fourth-order valence-electron chi connectivity index (χ4n) is 1.29. The van der Waals surface area contributed by atoms with Crippen LogP contribution in [-0.2, 0) is 4.79 Å². The standard InChI is InChI=1S/C12H24N2O3/c1-5-8(3)7-13-12(17)14-10(11(15)16)9(4)6-2/h8-10H,5-7H2,1-4H3,(H,15,16)(H2,13,14,17). The molecule has 0 saturated heterocycles. The van der Waals surface area contributed by atoms with Crippen molar-refractivity contribution in [3.05, 3.63) is 0 Å². The zero-order valence-electron chi connectivity index (χ0n) is 11.1. The maximum atomic E-state index is 11.5. The molecule has 2 amide bonds. The van der Waals surface area contributed by atoms with Crippen molar-refractivity contribution in [1.29, 1.82) is 0 Å². The third kappa shape index (κ3) is 6.14. The molecule has 3 unspecified atom stereocenters. The van der Waals surface area contributed by atoms with Crippen LogP contribution >= 0.6 is 0 Å². The Labute approximate surface area is 103 Å². The minimum atomic E-state index is -0.988.